The Labute approximate surface area is 190 Å². The lowest BCUT2D eigenvalue weighted by molar-refractivity contribution is -0.118. The number of rotatable bonds is 8. The summed E-state index contributed by atoms with van der Waals surface area (Å²) < 4.78 is 7.02. The molecule has 0 aromatic heterocycles. The van der Waals surface area contributed by atoms with Crippen molar-refractivity contribution in [1.29, 1.82) is 0 Å². The summed E-state index contributed by atoms with van der Waals surface area (Å²) in [5, 5.41) is 6.99. The Balaban J connectivity index is 1.64. The number of benzene rings is 3. The second-order valence-corrected chi connectivity index (χ2v) is 8.53. The van der Waals surface area contributed by atoms with E-state index in [0.29, 0.717) is 18.2 Å². The van der Waals surface area contributed by atoms with Gasteiger partial charge in [-0.1, -0.05) is 59.6 Å². The fraction of sp³-hybridized carbons (Fsp3) is 0.208. The monoisotopic (exact) mass is 486 g/mol. The number of hydrogen-bond donors (Lipinski definition) is 2. The van der Waals surface area contributed by atoms with E-state index in [1.807, 2.05) is 80.6 Å². The summed E-state index contributed by atoms with van der Waals surface area (Å²) in [6.45, 7) is 4.73. The Morgan fingerprint density at radius 2 is 1.70 bits per heavy atom. The third-order valence-corrected chi connectivity index (χ3v) is 5.39. The summed E-state index contributed by atoms with van der Waals surface area (Å²) in [5.41, 5.74) is 3.70. The summed E-state index contributed by atoms with van der Waals surface area (Å²) in [5.74, 6) is 0.750. The van der Waals surface area contributed by atoms with Crippen LogP contribution in [0.25, 0.3) is 0 Å². The van der Waals surface area contributed by atoms with Crippen LogP contribution in [0, 0.1) is 5.92 Å². The molecule has 0 bridgehead atoms. The molecule has 4 nitrogen and oxygen atoms in total. The summed E-state index contributed by atoms with van der Waals surface area (Å²) in [7, 11) is 0. The van der Waals surface area contributed by atoms with E-state index in [1.165, 1.54) is 0 Å². The molecule has 0 radical (unpaired) electrons. The number of nitrogens with one attached hydrogen (secondary N) is 2. The van der Waals surface area contributed by atoms with E-state index in [-0.39, 0.29) is 11.8 Å². The van der Waals surface area contributed by atoms with Gasteiger partial charge in [0.2, 0.25) is 5.91 Å². The van der Waals surface area contributed by atoms with Crippen LogP contribution in [-0.2, 0) is 17.9 Å². The molecule has 3 rings (SSSR count). The van der Waals surface area contributed by atoms with Gasteiger partial charge in [-0.15, -0.1) is 0 Å². The first-order valence-corrected chi connectivity index (χ1v) is 10.9. The van der Waals surface area contributed by atoms with Gasteiger partial charge >= 0.3 is 0 Å². The lowest BCUT2D eigenvalue weighted by Gasteiger charge is -2.14. The molecule has 1 amide bonds. The zero-order valence-corrected chi connectivity index (χ0v) is 19.3. The first-order chi connectivity index (χ1) is 14.4. The van der Waals surface area contributed by atoms with Gasteiger partial charge in [0.05, 0.1) is 0 Å². The van der Waals surface area contributed by atoms with Crippen LogP contribution in [0.15, 0.2) is 71.2 Å². The number of carbonyl (C=O) groups excluding carboxylic acids is 1. The molecule has 0 saturated heterocycles. The first-order valence-electron chi connectivity index (χ1n) is 9.72. The maximum Gasteiger partial charge on any atom is 0.226 e. The Morgan fingerprint density at radius 1 is 1.00 bits per heavy atom. The van der Waals surface area contributed by atoms with Crippen molar-refractivity contribution >= 4 is 44.8 Å². The van der Waals surface area contributed by atoms with Crippen LogP contribution in [0.5, 0.6) is 5.75 Å². The third-order valence-electron chi connectivity index (χ3n) is 4.52. The Kier molecular flexibility index (Phi) is 7.77. The SMILES string of the molecule is CC(C)C(=O)Nc1ccc(NCc2cc(Br)ccc2OCc2ccccc2Cl)cc1. The van der Waals surface area contributed by atoms with E-state index in [4.69, 9.17) is 16.3 Å². The molecule has 3 aromatic rings. The van der Waals surface area contributed by atoms with E-state index >= 15 is 0 Å². The van der Waals surface area contributed by atoms with Crippen molar-refractivity contribution in [2.24, 2.45) is 5.92 Å². The molecule has 6 heteroatoms. The van der Waals surface area contributed by atoms with Gasteiger partial charge in [0.1, 0.15) is 12.4 Å². The van der Waals surface area contributed by atoms with Gasteiger partial charge in [0, 0.05) is 44.5 Å². The van der Waals surface area contributed by atoms with Crippen molar-refractivity contribution in [3.05, 3.63) is 87.4 Å². The largest absolute Gasteiger partial charge is 0.488 e. The van der Waals surface area contributed by atoms with Gasteiger partial charge in [-0.25, -0.2) is 0 Å². The molecule has 0 aliphatic carbocycles. The molecule has 0 spiro atoms. The van der Waals surface area contributed by atoms with Crippen LogP contribution in [0.4, 0.5) is 11.4 Å². The Hall–Kier alpha value is -2.50. The fourth-order valence-electron chi connectivity index (χ4n) is 2.75. The number of amides is 1. The average Bonchev–Trinajstić information content (AvgIpc) is 2.73. The van der Waals surface area contributed by atoms with Crippen LogP contribution < -0.4 is 15.4 Å². The molecular formula is C24H24BrClN2O2. The van der Waals surface area contributed by atoms with Crippen LogP contribution in [0.2, 0.25) is 5.02 Å². The van der Waals surface area contributed by atoms with Crippen LogP contribution in [-0.4, -0.2) is 5.91 Å². The van der Waals surface area contributed by atoms with Crippen molar-refractivity contribution in [2.75, 3.05) is 10.6 Å². The third kappa shape index (κ3) is 6.25. The fourth-order valence-corrected chi connectivity index (χ4v) is 3.35. The van der Waals surface area contributed by atoms with Crippen LogP contribution in [0.1, 0.15) is 25.0 Å². The topological polar surface area (TPSA) is 50.4 Å². The van der Waals surface area contributed by atoms with E-state index in [0.717, 1.165) is 32.7 Å². The van der Waals surface area contributed by atoms with Crippen LogP contribution >= 0.6 is 27.5 Å². The van der Waals surface area contributed by atoms with Gasteiger partial charge < -0.3 is 15.4 Å². The number of anilines is 2. The number of halogens is 2. The van der Waals surface area contributed by atoms with E-state index in [2.05, 4.69) is 26.6 Å². The van der Waals surface area contributed by atoms with Crippen molar-refractivity contribution < 1.29 is 9.53 Å². The highest BCUT2D eigenvalue weighted by atomic mass is 79.9. The predicted octanol–water partition coefficient (Wildman–Crippen LogP) is 6.89. The van der Waals surface area contributed by atoms with Gasteiger partial charge in [-0.2, -0.15) is 0 Å². The quantitative estimate of drug-likeness (QED) is 0.364. The van der Waals surface area contributed by atoms with Crippen molar-refractivity contribution in [1.82, 2.24) is 0 Å². The van der Waals surface area contributed by atoms with Gasteiger partial charge in [-0.05, 0) is 48.5 Å². The zero-order valence-electron chi connectivity index (χ0n) is 16.9. The summed E-state index contributed by atoms with van der Waals surface area (Å²) in [4.78, 5) is 11.8. The Morgan fingerprint density at radius 3 is 2.40 bits per heavy atom. The number of ether oxygens (including phenoxy) is 1. The normalized spacial score (nSPS) is 10.7. The average molecular weight is 488 g/mol. The highest BCUT2D eigenvalue weighted by Crippen LogP contribution is 2.26. The highest BCUT2D eigenvalue weighted by molar-refractivity contribution is 9.10. The van der Waals surface area contributed by atoms with Crippen LogP contribution in [0.3, 0.4) is 0 Å². The predicted molar refractivity (Wildman–Crippen MR) is 127 cm³/mol. The second-order valence-electron chi connectivity index (χ2n) is 7.21. The lowest BCUT2D eigenvalue weighted by Crippen LogP contribution is -2.17. The summed E-state index contributed by atoms with van der Waals surface area (Å²) in [6.07, 6.45) is 0. The van der Waals surface area contributed by atoms with Crippen molar-refractivity contribution in [3.8, 4) is 5.75 Å². The summed E-state index contributed by atoms with van der Waals surface area (Å²) in [6, 6.07) is 21.3. The van der Waals surface area contributed by atoms with Gasteiger partial charge in [0.25, 0.3) is 0 Å². The molecule has 156 valence electrons. The number of carbonyl (C=O) groups is 1. The second kappa shape index (κ2) is 10.5. The minimum Gasteiger partial charge on any atom is -0.488 e. The van der Waals surface area contributed by atoms with Crippen molar-refractivity contribution in [2.45, 2.75) is 27.0 Å². The van der Waals surface area contributed by atoms with E-state index < -0.39 is 0 Å². The molecule has 0 fully saturated rings. The molecule has 3 aromatic carbocycles. The minimum absolute atomic E-state index is 0.00477. The van der Waals surface area contributed by atoms with E-state index in [1.54, 1.807) is 0 Å². The van der Waals surface area contributed by atoms with Gasteiger partial charge in [-0.3, -0.25) is 4.79 Å². The smallest absolute Gasteiger partial charge is 0.226 e. The summed E-state index contributed by atoms with van der Waals surface area (Å²) >= 11 is 9.76. The molecule has 0 heterocycles. The molecule has 0 saturated carbocycles. The maximum atomic E-state index is 11.8. The zero-order chi connectivity index (χ0) is 21.5. The van der Waals surface area contributed by atoms with E-state index in [9.17, 15) is 4.79 Å². The molecular weight excluding hydrogens is 464 g/mol. The first kappa shape index (κ1) is 22.2. The number of hydrogen-bond acceptors (Lipinski definition) is 3. The molecule has 2 N–H and O–H groups in total. The maximum absolute atomic E-state index is 11.8. The van der Waals surface area contributed by atoms with Crippen molar-refractivity contribution in [3.63, 3.8) is 0 Å². The molecule has 0 aliphatic rings. The molecule has 0 unspecified atom stereocenters. The standard InChI is InChI=1S/C24H24BrClN2O2/c1-16(2)24(29)28-21-10-8-20(9-11-21)27-14-18-13-19(25)7-12-23(18)30-15-17-5-3-4-6-22(17)26/h3-13,16,27H,14-15H2,1-2H3,(H,28,29). The lowest BCUT2D eigenvalue weighted by atomic mass is 10.2. The molecule has 0 atom stereocenters. The Bertz CT molecular complexity index is 1010. The highest BCUT2D eigenvalue weighted by Gasteiger charge is 2.09. The molecule has 30 heavy (non-hydrogen) atoms. The minimum atomic E-state index is -0.0523. The molecule has 0 aliphatic heterocycles. The van der Waals surface area contributed by atoms with Gasteiger partial charge in [0.15, 0.2) is 0 Å².